The molecule has 0 spiro atoms. The molecule has 7 nitrogen and oxygen atoms in total. The monoisotopic (exact) mass is 499 g/mol. The molecule has 0 saturated carbocycles. The highest BCUT2D eigenvalue weighted by atomic mass is 127. The van der Waals surface area contributed by atoms with E-state index in [1.807, 2.05) is 31.2 Å². The third kappa shape index (κ3) is 11.5. The number of aliphatic imine (C=N–C) groups is 1. The van der Waals surface area contributed by atoms with Gasteiger partial charge >= 0.3 is 0 Å². The van der Waals surface area contributed by atoms with Crippen LogP contribution in [0.1, 0.15) is 12.5 Å². The Balaban J connectivity index is 0.00000625. The first-order valence-electron chi connectivity index (χ1n) is 8.35. The Morgan fingerprint density at radius 3 is 2.58 bits per heavy atom. The van der Waals surface area contributed by atoms with Gasteiger partial charge in [0.05, 0.1) is 32.6 Å². The number of rotatable bonds is 11. The zero-order valence-corrected chi connectivity index (χ0v) is 18.8. The smallest absolute Gasteiger partial charge is 0.191 e. The third-order valence-electron chi connectivity index (χ3n) is 3.33. The highest BCUT2D eigenvalue weighted by Crippen LogP contribution is 2.17. The van der Waals surface area contributed by atoms with Gasteiger partial charge in [0.25, 0.3) is 0 Å². The zero-order chi connectivity index (χ0) is 18.5. The van der Waals surface area contributed by atoms with Crippen molar-refractivity contribution in [2.75, 3.05) is 52.0 Å². The minimum absolute atomic E-state index is 0. The molecule has 26 heavy (non-hydrogen) atoms. The predicted molar refractivity (Wildman–Crippen MR) is 117 cm³/mol. The van der Waals surface area contributed by atoms with E-state index in [9.17, 15) is 8.42 Å². The molecule has 0 radical (unpaired) electrons. The van der Waals surface area contributed by atoms with Crippen molar-refractivity contribution in [1.82, 2.24) is 10.6 Å². The van der Waals surface area contributed by atoms with Crippen molar-refractivity contribution in [1.29, 1.82) is 0 Å². The third-order valence-corrected chi connectivity index (χ3v) is 4.24. The van der Waals surface area contributed by atoms with Crippen molar-refractivity contribution in [3.05, 3.63) is 29.8 Å². The molecule has 0 amide bonds. The van der Waals surface area contributed by atoms with E-state index in [0.29, 0.717) is 19.1 Å². The second-order valence-corrected chi connectivity index (χ2v) is 7.75. The van der Waals surface area contributed by atoms with Gasteiger partial charge in [0.15, 0.2) is 5.96 Å². The number of hydrogen-bond acceptors (Lipinski definition) is 5. The minimum Gasteiger partial charge on any atom is -0.496 e. The van der Waals surface area contributed by atoms with Crippen LogP contribution in [-0.4, -0.2) is 66.3 Å². The van der Waals surface area contributed by atoms with E-state index in [-0.39, 0.29) is 36.3 Å². The van der Waals surface area contributed by atoms with E-state index < -0.39 is 9.84 Å². The molecular weight excluding hydrogens is 469 g/mol. The lowest BCUT2D eigenvalue weighted by Gasteiger charge is -2.12. The SMILES string of the molecule is CCNC(=NCCOCCS(C)(=O)=O)NCCc1ccccc1OC.I. The van der Waals surface area contributed by atoms with Crippen LogP contribution in [0, 0.1) is 0 Å². The zero-order valence-electron chi connectivity index (χ0n) is 15.7. The molecule has 1 aromatic rings. The summed E-state index contributed by atoms with van der Waals surface area (Å²) in [7, 11) is -1.31. The van der Waals surface area contributed by atoms with Crippen LogP contribution in [0.15, 0.2) is 29.3 Å². The number of halogens is 1. The molecule has 0 fully saturated rings. The minimum atomic E-state index is -2.98. The molecule has 0 bridgehead atoms. The van der Waals surface area contributed by atoms with Crippen molar-refractivity contribution in [3.63, 3.8) is 0 Å². The van der Waals surface area contributed by atoms with Gasteiger partial charge in [-0.05, 0) is 25.0 Å². The molecular formula is C17H30IN3O4S. The van der Waals surface area contributed by atoms with E-state index in [1.54, 1.807) is 7.11 Å². The molecule has 0 aromatic heterocycles. The summed E-state index contributed by atoms with van der Waals surface area (Å²) in [5, 5.41) is 6.44. The lowest BCUT2D eigenvalue weighted by Crippen LogP contribution is -2.38. The summed E-state index contributed by atoms with van der Waals surface area (Å²) in [4.78, 5) is 4.41. The largest absolute Gasteiger partial charge is 0.496 e. The predicted octanol–water partition coefficient (Wildman–Crippen LogP) is 1.47. The van der Waals surface area contributed by atoms with E-state index in [2.05, 4.69) is 15.6 Å². The molecule has 2 N–H and O–H groups in total. The fourth-order valence-corrected chi connectivity index (χ4v) is 2.52. The molecule has 0 atom stereocenters. The summed E-state index contributed by atoms with van der Waals surface area (Å²) in [5.74, 6) is 1.63. The van der Waals surface area contributed by atoms with E-state index in [1.165, 1.54) is 6.26 Å². The molecule has 1 aromatic carbocycles. The number of benzene rings is 1. The number of nitrogens with zero attached hydrogens (tertiary/aromatic N) is 1. The number of sulfone groups is 1. The van der Waals surface area contributed by atoms with Gasteiger partial charge in [0, 0.05) is 19.3 Å². The lowest BCUT2D eigenvalue weighted by atomic mass is 10.1. The number of hydrogen-bond donors (Lipinski definition) is 2. The maximum atomic E-state index is 11.0. The highest BCUT2D eigenvalue weighted by molar-refractivity contribution is 14.0. The van der Waals surface area contributed by atoms with Crippen LogP contribution in [0.5, 0.6) is 5.75 Å². The Morgan fingerprint density at radius 2 is 1.92 bits per heavy atom. The summed E-state index contributed by atoms with van der Waals surface area (Å²) < 4.78 is 32.6. The number of ether oxygens (including phenoxy) is 2. The highest BCUT2D eigenvalue weighted by Gasteiger charge is 2.03. The number of nitrogens with one attached hydrogen (secondary N) is 2. The summed E-state index contributed by atoms with van der Waals surface area (Å²) >= 11 is 0. The topological polar surface area (TPSA) is 89.0 Å². The van der Waals surface area contributed by atoms with Gasteiger partial charge in [-0.15, -0.1) is 24.0 Å². The van der Waals surface area contributed by atoms with Crippen LogP contribution in [0.25, 0.3) is 0 Å². The average molecular weight is 499 g/mol. The molecule has 0 aliphatic rings. The van der Waals surface area contributed by atoms with Crippen LogP contribution in [0.2, 0.25) is 0 Å². The standard InChI is InChI=1S/C17H29N3O4S.HI/c1-4-18-17(20-11-12-24-13-14-25(3,21)22)19-10-9-15-7-5-6-8-16(15)23-2;/h5-8H,4,9-14H2,1-3H3,(H2,18,19,20);1H. The number of para-hydroxylation sites is 1. The number of guanidine groups is 1. The van der Waals surface area contributed by atoms with Crippen molar-refractivity contribution < 1.29 is 17.9 Å². The van der Waals surface area contributed by atoms with Gasteiger partial charge in [0.1, 0.15) is 15.6 Å². The van der Waals surface area contributed by atoms with Crippen LogP contribution in [0.3, 0.4) is 0 Å². The van der Waals surface area contributed by atoms with Crippen LogP contribution < -0.4 is 15.4 Å². The Labute approximate surface area is 173 Å². The van der Waals surface area contributed by atoms with Crippen molar-refractivity contribution in [2.45, 2.75) is 13.3 Å². The Morgan fingerprint density at radius 1 is 1.19 bits per heavy atom. The molecule has 0 aliphatic heterocycles. The molecule has 0 saturated heterocycles. The van der Waals surface area contributed by atoms with E-state index in [0.717, 1.165) is 30.8 Å². The van der Waals surface area contributed by atoms with Gasteiger partial charge < -0.3 is 20.1 Å². The maximum absolute atomic E-state index is 11.0. The van der Waals surface area contributed by atoms with Crippen molar-refractivity contribution in [3.8, 4) is 5.75 Å². The summed E-state index contributed by atoms with van der Waals surface area (Å²) in [6, 6.07) is 7.93. The molecule has 150 valence electrons. The van der Waals surface area contributed by atoms with Crippen LogP contribution in [0.4, 0.5) is 0 Å². The number of methoxy groups -OCH3 is 1. The molecule has 1 rings (SSSR count). The Hall–Kier alpha value is -1.07. The maximum Gasteiger partial charge on any atom is 0.191 e. The summed E-state index contributed by atoms with van der Waals surface area (Å²) in [5.41, 5.74) is 1.14. The molecule has 9 heteroatoms. The van der Waals surface area contributed by atoms with E-state index >= 15 is 0 Å². The first-order valence-corrected chi connectivity index (χ1v) is 10.4. The molecule has 0 heterocycles. The second kappa shape index (κ2) is 14.0. The van der Waals surface area contributed by atoms with Gasteiger partial charge in [-0.3, -0.25) is 4.99 Å². The normalized spacial score (nSPS) is 11.6. The van der Waals surface area contributed by atoms with Gasteiger partial charge in [-0.1, -0.05) is 18.2 Å². The first-order chi connectivity index (χ1) is 12.0. The molecule has 0 aliphatic carbocycles. The summed E-state index contributed by atoms with van der Waals surface area (Å²) in [6.07, 6.45) is 2.02. The first kappa shape index (κ1) is 24.9. The van der Waals surface area contributed by atoms with Crippen LogP contribution >= 0.6 is 24.0 Å². The summed E-state index contributed by atoms with van der Waals surface area (Å²) in [6.45, 7) is 4.54. The Kier molecular flexibility index (Phi) is 13.5. The van der Waals surface area contributed by atoms with Gasteiger partial charge in [-0.2, -0.15) is 0 Å². The Bertz CT molecular complexity index is 639. The van der Waals surface area contributed by atoms with Gasteiger partial charge in [-0.25, -0.2) is 8.42 Å². The second-order valence-electron chi connectivity index (χ2n) is 5.49. The van der Waals surface area contributed by atoms with Gasteiger partial charge in [0.2, 0.25) is 0 Å². The van der Waals surface area contributed by atoms with Crippen molar-refractivity contribution in [2.24, 2.45) is 4.99 Å². The fraction of sp³-hybridized carbons (Fsp3) is 0.588. The average Bonchev–Trinajstić information content (AvgIpc) is 2.57. The fourth-order valence-electron chi connectivity index (χ4n) is 2.10. The van der Waals surface area contributed by atoms with Crippen molar-refractivity contribution >= 4 is 39.8 Å². The quantitative estimate of drug-likeness (QED) is 0.208. The van der Waals surface area contributed by atoms with E-state index in [4.69, 9.17) is 9.47 Å². The van der Waals surface area contributed by atoms with Crippen LogP contribution in [-0.2, 0) is 21.0 Å². The lowest BCUT2D eigenvalue weighted by molar-refractivity contribution is 0.157. The molecule has 0 unspecified atom stereocenters.